The highest BCUT2D eigenvalue weighted by molar-refractivity contribution is 7.71. The number of nitrogen functional groups attached to an aromatic ring is 1. The maximum Gasteiger partial charge on any atom is 0.248 e. The molecule has 0 aliphatic heterocycles. The molecule has 1 aromatic heterocycles. The molecule has 0 radical (unpaired) electrons. The second-order valence-electron chi connectivity index (χ2n) is 5.79. The molecule has 0 unspecified atom stereocenters. The third kappa shape index (κ3) is 3.89. The lowest BCUT2D eigenvalue weighted by atomic mass is 9.99. The zero-order valence-corrected chi connectivity index (χ0v) is 14.6. The number of amides is 1. The molecule has 7 heteroatoms. The van der Waals surface area contributed by atoms with Crippen molar-refractivity contribution < 1.29 is 13.2 Å². The van der Waals surface area contributed by atoms with Crippen molar-refractivity contribution in [1.82, 2.24) is 4.98 Å². The van der Waals surface area contributed by atoms with Gasteiger partial charge in [0.1, 0.15) is 16.5 Å². The molecule has 0 aliphatic carbocycles. The van der Waals surface area contributed by atoms with Gasteiger partial charge in [-0.3, -0.25) is 4.79 Å². The summed E-state index contributed by atoms with van der Waals surface area (Å²) in [6.45, 7) is 0. The first-order chi connectivity index (χ1) is 12.4. The molecule has 1 heterocycles. The minimum Gasteiger partial charge on any atom is -0.383 e. The molecule has 0 bridgehead atoms. The lowest BCUT2D eigenvalue weighted by Gasteiger charge is -2.09. The molecule has 4 N–H and O–H groups in total. The van der Waals surface area contributed by atoms with Crippen LogP contribution in [0.15, 0.2) is 60.8 Å². The summed E-state index contributed by atoms with van der Waals surface area (Å²) >= 11 is 0. The van der Waals surface area contributed by atoms with Gasteiger partial charge < -0.3 is 11.5 Å². The van der Waals surface area contributed by atoms with E-state index in [1.807, 2.05) is 18.2 Å². The smallest absolute Gasteiger partial charge is 0.248 e. The molecule has 0 spiro atoms. The SMILES string of the molecule is NC(=O)c1ccc(-c2cc(-c3ccc(C[SH](=O)=O)cc3)cnc2N)cc1. The highest BCUT2D eigenvalue weighted by Crippen LogP contribution is 2.30. The molecule has 2 aromatic carbocycles. The van der Waals surface area contributed by atoms with Crippen molar-refractivity contribution in [2.75, 3.05) is 5.73 Å². The molecule has 0 saturated heterocycles. The lowest BCUT2D eigenvalue weighted by molar-refractivity contribution is 0.100. The first-order valence-electron chi connectivity index (χ1n) is 7.81. The zero-order chi connectivity index (χ0) is 18.7. The lowest BCUT2D eigenvalue weighted by Crippen LogP contribution is -2.10. The van der Waals surface area contributed by atoms with Gasteiger partial charge in [-0.25, -0.2) is 13.4 Å². The molecule has 0 saturated carbocycles. The van der Waals surface area contributed by atoms with Gasteiger partial charge >= 0.3 is 0 Å². The fraction of sp³-hybridized carbons (Fsp3) is 0.0526. The average Bonchev–Trinajstić information content (AvgIpc) is 2.62. The van der Waals surface area contributed by atoms with E-state index in [2.05, 4.69) is 4.98 Å². The van der Waals surface area contributed by atoms with Crippen LogP contribution in [-0.2, 0) is 16.5 Å². The van der Waals surface area contributed by atoms with Crippen LogP contribution in [-0.4, -0.2) is 19.3 Å². The number of hydrogen-bond donors (Lipinski definition) is 3. The largest absolute Gasteiger partial charge is 0.383 e. The quantitative estimate of drug-likeness (QED) is 0.598. The number of carbonyl (C=O) groups excluding carboxylic acids is 1. The summed E-state index contributed by atoms with van der Waals surface area (Å²) in [6.07, 6.45) is 1.67. The van der Waals surface area contributed by atoms with E-state index in [-0.39, 0.29) is 5.75 Å². The number of benzene rings is 2. The Morgan fingerprint density at radius 1 is 0.923 bits per heavy atom. The summed E-state index contributed by atoms with van der Waals surface area (Å²) in [7, 11) is -2.45. The topological polar surface area (TPSA) is 116 Å². The molecule has 6 nitrogen and oxygen atoms in total. The number of nitrogens with two attached hydrogens (primary N) is 2. The fourth-order valence-electron chi connectivity index (χ4n) is 2.63. The molecule has 0 atom stereocenters. The Balaban J connectivity index is 1.95. The van der Waals surface area contributed by atoms with Crippen LogP contribution in [0.1, 0.15) is 15.9 Å². The number of pyridine rings is 1. The van der Waals surface area contributed by atoms with E-state index in [1.165, 1.54) is 0 Å². The number of aromatic nitrogens is 1. The minimum atomic E-state index is -2.45. The number of primary amides is 1. The van der Waals surface area contributed by atoms with E-state index in [1.54, 1.807) is 42.6 Å². The summed E-state index contributed by atoms with van der Waals surface area (Å²) in [5.41, 5.74) is 15.7. The molecular weight excluding hydrogens is 350 g/mol. The molecule has 3 aromatic rings. The molecule has 26 heavy (non-hydrogen) atoms. The van der Waals surface area contributed by atoms with Crippen molar-refractivity contribution in [1.29, 1.82) is 0 Å². The van der Waals surface area contributed by atoms with Crippen LogP contribution in [0.5, 0.6) is 0 Å². The third-order valence-electron chi connectivity index (χ3n) is 4.00. The summed E-state index contributed by atoms with van der Waals surface area (Å²) in [5.74, 6) is -0.0931. The Bertz CT molecular complexity index is 1020. The Morgan fingerprint density at radius 3 is 2.12 bits per heavy atom. The first kappa shape index (κ1) is 17.6. The first-order valence-corrected chi connectivity index (χ1v) is 9.17. The number of anilines is 1. The Hall–Kier alpha value is -3.19. The van der Waals surface area contributed by atoms with Gasteiger partial charge in [0.2, 0.25) is 5.91 Å². The van der Waals surface area contributed by atoms with E-state index in [4.69, 9.17) is 11.5 Å². The second kappa shape index (κ2) is 7.37. The van der Waals surface area contributed by atoms with Gasteiger partial charge in [0.15, 0.2) is 0 Å². The van der Waals surface area contributed by atoms with Crippen molar-refractivity contribution in [3.63, 3.8) is 0 Å². The Labute approximate surface area is 152 Å². The molecule has 0 fully saturated rings. The number of thiol groups is 1. The van der Waals surface area contributed by atoms with Crippen LogP contribution in [0.4, 0.5) is 5.82 Å². The number of rotatable bonds is 5. The maximum absolute atomic E-state index is 11.2. The van der Waals surface area contributed by atoms with Crippen molar-refractivity contribution in [3.05, 3.63) is 71.9 Å². The van der Waals surface area contributed by atoms with E-state index in [0.717, 1.165) is 27.8 Å². The van der Waals surface area contributed by atoms with Gasteiger partial charge in [-0.1, -0.05) is 36.4 Å². The Kier molecular flexibility index (Phi) is 4.99. The van der Waals surface area contributed by atoms with Gasteiger partial charge in [-0.05, 0) is 34.9 Å². The predicted molar refractivity (Wildman–Crippen MR) is 102 cm³/mol. The van der Waals surface area contributed by atoms with E-state index < -0.39 is 16.6 Å². The maximum atomic E-state index is 11.2. The van der Waals surface area contributed by atoms with Gasteiger partial charge in [0.25, 0.3) is 0 Å². The summed E-state index contributed by atoms with van der Waals surface area (Å²) in [5, 5.41) is 0. The predicted octanol–water partition coefficient (Wildman–Crippen LogP) is 2.21. The van der Waals surface area contributed by atoms with Crippen molar-refractivity contribution in [3.8, 4) is 22.3 Å². The van der Waals surface area contributed by atoms with Crippen molar-refractivity contribution >= 4 is 22.4 Å². The standard InChI is InChI=1S/C19H17N3O3S/c20-18-17(14-5-7-15(8-6-14)19(21)23)9-16(10-22-18)13-3-1-12(2-4-13)11-26(24)25/h1-10,26H,11H2,(H2,20,22)(H2,21,23). The molecule has 3 rings (SSSR count). The molecule has 1 amide bonds. The van der Waals surface area contributed by atoms with Crippen LogP contribution >= 0.6 is 0 Å². The van der Waals surface area contributed by atoms with Crippen LogP contribution in [0, 0.1) is 0 Å². The number of hydrogen-bond acceptors (Lipinski definition) is 5. The highest BCUT2D eigenvalue weighted by Gasteiger charge is 2.09. The molecular formula is C19H17N3O3S. The van der Waals surface area contributed by atoms with E-state index in [0.29, 0.717) is 11.4 Å². The fourth-order valence-corrected chi connectivity index (χ4v) is 3.14. The zero-order valence-electron chi connectivity index (χ0n) is 13.8. The van der Waals surface area contributed by atoms with Crippen LogP contribution in [0.2, 0.25) is 0 Å². The van der Waals surface area contributed by atoms with Gasteiger partial charge in [-0.2, -0.15) is 0 Å². The van der Waals surface area contributed by atoms with Crippen LogP contribution in [0.25, 0.3) is 22.3 Å². The average molecular weight is 367 g/mol. The van der Waals surface area contributed by atoms with E-state index in [9.17, 15) is 13.2 Å². The van der Waals surface area contributed by atoms with Gasteiger partial charge in [0, 0.05) is 22.9 Å². The van der Waals surface area contributed by atoms with Gasteiger partial charge in [-0.15, -0.1) is 0 Å². The van der Waals surface area contributed by atoms with Crippen molar-refractivity contribution in [2.45, 2.75) is 5.75 Å². The molecule has 132 valence electrons. The summed E-state index contributed by atoms with van der Waals surface area (Å²) in [4.78, 5) is 15.4. The van der Waals surface area contributed by atoms with Crippen LogP contribution in [0.3, 0.4) is 0 Å². The van der Waals surface area contributed by atoms with Crippen LogP contribution < -0.4 is 11.5 Å². The second-order valence-corrected chi connectivity index (χ2v) is 6.77. The highest BCUT2D eigenvalue weighted by atomic mass is 32.2. The number of carbonyl (C=O) groups is 1. The molecule has 0 aliphatic rings. The summed E-state index contributed by atoms with van der Waals surface area (Å²) in [6, 6.07) is 16.0. The third-order valence-corrected chi connectivity index (χ3v) is 4.62. The number of nitrogens with zero attached hydrogens (tertiary/aromatic N) is 1. The summed E-state index contributed by atoms with van der Waals surface area (Å²) < 4.78 is 21.6. The van der Waals surface area contributed by atoms with E-state index >= 15 is 0 Å². The monoisotopic (exact) mass is 367 g/mol. The van der Waals surface area contributed by atoms with Crippen molar-refractivity contribution in [2.24, 2.45) is 5.73 Å². The normalized spacial score (nSPS) is 10.8. The van der Waals surface area contributed by atoms with Gasteiger partial charge in [0.05, 0.1) is 5.75 Å². The minimum absolute atomic E-state index is 0.0209. The Morgan fingerprint density at radius 2 is 1.54 bits per heavy atom.